The van der Waals surface area contributed by atoms with Crippen LogP contribution in [-0.2, 0) is 10.5 Å². The van der Waals surface area contributed by atoms with Crippen LogP contribution in [0.5, 0.6) is 0 Å². The second-order valence-corrected chi connectivity index (χ2v) is 5.02. The van der Waals surface area contributed by atoms with Gasteiger partial charge in [0.2, 0.25) is 0 Å². The molecule has 1 aliphatic heterocycles. The van der Waals surface area contributed by atoms with Gasteiger partial charge in [0.05, 0.1) is 11.9 Å². The molecule has 1 saturated heterocycles. The second-order valence-electron chi connectivity index (χ2n) is 3.75. The van der Waals surface area contributed by atoms with Crippen molar-refractivity contribution in [3.63, 3.8) is 0 Å². The molecule has 90 valence electrons. The van der Waals surface area contributed by atoms with Gasteiger partial charge in [-0.25, -0.2) is 0 Å². The predicted molar refractivity (Wildman–Crippen MR) is 62.0 cm³/mol. The molecule has 0 aromatic carbocycles. The molecule has 1 aromatic heterocycles. The van der Waals surface area contributed by atoms with Crippen LogP contribution in [0.25, 0.3) is 0 Å². The lowest BCUT2D eigenvalue weighted by Crippen LogP contribution is -2.18. The van der Waals surface area contributed by atoms with Crippen molar-refractivity contribution in [2.75, 3.05) is 12.3 Å². The zero-order valence-corrected chi connectivity index (χ0v) is 10.2. The second kappa shape index (κ2) is 5.65. The summed E-state index contributed by atoms with van der Waals surface area (Å²) >= 11 is 1.78. The minimum atomic E-state index is -0.0542. The molecule has 1 aromatic rings. The molecule has 2 heterocycles. The van der Waals surface area contributed by atoms with Crippen molar-refractivity contribution in [1.29, 1.82) is 0 Å². The molecule has 0 radical (unpaired) electrons. The summed E-state index contributed by atoms with van der Waals surface area (Å²) in [7, 11) is 0. The zero-order chi connectivity index (χ0) is 11.4. The van der Waals surface area contributed by atoms with Gasteiger partial charge < -0.3 is 15.0 Å². The summed E-state index contributed by atoms with van der Waals surface area (Å²) in [5.74, 6) is 3.20. The molecule has 0 amide bonds. The van der Waals surface area contributed by atoms with Crippen LogP contribution in [-0.4, -0.2) is 28.5 Å². The third-order valence-corrected chi connectivity index (χ3v) is 3.44. The minimum Gasteiger partial charge on any atom is -0.364 e. The number of hydrogen-bond donors (Lipinski definition) is 1. The number of nitrogens with two attached hydrogens (primary N) is 1. The van der Waals surface area contributed by atoms with E-state index >= 15 is 0 Å². The third kappa shape index (κ3) is 2.75. The topological polar surface area (TPSA) is 74.2 Å². The molecule has 16 heavy (non-hydrogen) atoms. The number of thioether (sulfide) groups is 1. The normalized spacial score (nSPS) is 25.1. The molecular weight excluding hydrogens is 226 g/mol. The summed E-state index contributed by atoms with van der Waals surface area (Å²) in [5, 5.41) is 3.93. The van der Waals surface area contributed by atoms with E-state index in [1.807, 2.05) is 0 Å². The first-order valence-corrected chi connectivity index (χ1v) is 6.74. The first-order chi connectivity index (χ1) is 7.83. The largest absolute Gasteiger partial charge is 0.364 e. The van der Waals surface area contributed by atoms with Crippen LogP contribution in [0, 0.1) is 0 Å². The molecule has 1 fully saturated rings. The van der Waals surface area contributed by atoms with Gasteiger partial charge in [-0.3, -0.25) is 0 Å². The van der Waals surface area contributed by atoms with Crippen LogP contribution in [0.1, 0.15) is 37.6 Å². The molecule has 1 aliphatic rings. The molecule has 0 saturated carbocycles. The molecular formula is C10H17N3O2S. The highest BCUT2D eigenvalue weighted by molar-refractivity contribution is 7.98. The zero-order valence-electron chi connectivity index (χ0n) is 9.39. The fourth-order valence-corrected chi connectivity index (χ4v) is 2.21. The van der Waals surface area contributed by atoms with E-state index in [0.717, 1.165) is 30.2 Å². The van der Waals surface area contributed by atoms with E-state index in [1.54, 1.807) is 11.8 Å². The Morgan fingerprint density at radius 3 is 3.06 bits per heavy atom. The number of ether oxygens (including phenoxy) is 1. The van der Waals surface area contributed by atoms with Gasteiger partial charge in [-0.05, 0) is 18.6 Å². The summed E-state index contributed by atoms with van der Waals surface area (Å²) in [4.78, 5) is 4.33. The highest BCUT2D eigenvalue weighted by atomic mass is 32.2. The van der Waals surface area contributed by atoms with Gasteiger partial charge in [0.25, 0.3) is 5.89 Å². The lowest BCUT2D eigenvalue weighted by atomic mass is 10.2. The monoisotopic (exact) mass is 243 g/mol. The Balaban J connectivity index is 1.92. The molecule has 0 bridgehead atoms. The predicted octanol–water partition coefficient (Wildman–Crippen LogP) is 1.50. The molecule has 0 spiro atoms. The fraction of sp³-hybridized carbons (Fsp3) is 0.800. The Labute approximate surface area is 99.1 Å². The minimum absolute atomic E-state index is 0.0542. The van der Waals surface area contributed by atoms with Crippen molar-refractivity contribution >= 4 is 11.8 Å². The summed E-state index contributed by atoms with van der Waals surface area (Å²) in [6, 6.07) is 0. The molecule has 2 atom stereocenters. The molecule has 2 rings (SSSR count). The van der Waals surface area contributed by atoms with Gasteiger partial charge in [0.1, 0.15) is 6.10 Å². The lowest BCUT2D eigenvalue weighted by Gasteiger charge is -2.07. The number of hydrogen-bond acceptors (Lipinski definition) is 6. The maximum Gasteiger partial charge on any atom is 0.255 e. The quantitative estimate of drug-likeness (QED) is 0.844. The fourth-order valence-electron chi connectivity index (χ4n) is 1.71. The van der Waals surface area contributed by atoms with Gasteiger partial charge in [-0.1, -0.05) is 12.1 Å². The van der Waals surface area contributed by atoms with Crippen LogP contribution in [0.4, 0.5) is 0 Å². The number of aromatic nitrogens is 2. The highest BCUT2D eigenvalue weighted by Gasteiger charge is 2.29. The molecule has 5 nitrogen and oxygen atoms in total. The summed E-state index contributed by atoms with van der Waals surface area (Å²) in [6.45, 7) is 2.67. The molecule has 2 N–H and O–H groups in total. The van der Waals surface area contributed by atoms with E-state index in [9.17, 15) is 0 Å². The Morgan fingerprint density at radius 2 is 2.38 bits per heavy atom. The SMILES string of the molecule is CCSCc1noc(C2CCC(CN)O2)n1. The first-order valence-electron chi connectivity index (χ1n) is 5.59. The Morgan fingerprint density at radius 1 is 1.50 bits per heavy atom. The van der Waals surface area contributed by atoms with Crippen molar-refractivity contribution in [3.8, 4) is 0 Å². The molecule has 0 aliphatic carbocycles. The van der Waals surface area contributed by atoms with Gasteiger partial charge in [-0.2, -0.15) is 16.7 Å². The van der Waals surface area contributed by atoms with Crippen molar-refractivity contribution < 1.29 is 9.26 Å². The van der Waals surface area contributed by atoms with E-state index in [0.29, 0.717) is 12.4 Å². The van der Waals surface area contributed by atoms with Crippen LogP contribution < -0.4 is 5.73 Å². The highest BCUT2D eigenvalue weighted by Crippen LogP contribution is 2.31. The van der Waals surface area contributed by atoms with E-state index in [4.69, 9.17) is 15.0 Å². The smallest absolute Gasteiger partial charge is 0.255 e. The maximum absolute atomic E-state index is 5.69. The van der Waals surface area contributed by atoms with Crippen LogP contribution in [0.15, 0.2) is 4.52 Å². The average Bonchev–Trinajstić information content (AvgIpc) is 2.94. The van der Waals surface area contributed by atoms with Crippen LogP contribution in [0.3, 0.4) is 0 Å². The number of nitrogens with zero attached hydrogens (tertiary/aromatic N) is 2. The third-order valence-electron chi connectivity index (χ3n) is 2.56. The standard InChI is InChI=1S/C10H17N3O2S/c1-2-16-6-9-12-10(15-13-9)8-4-3-7(5-11)14-8/h7-8H,2-6,11H2,1H3. The van der Waals surface area contributed by atoms with Crippen molar-refractivity contribution in [1.82, 2.24) is 10.1 Å². The van der Waals surface area contributed by atoms with E-state index in [2.05, 4.69) is 17.1 Å². The van der Waals surface area contributed by atoms with E-state index < -0.39 is 0 Å². The molecule has 6 heteroatoms. The van der Waals surface area contributed by atoms with Gasteiger partial charge >= 0.3 is 0 Å². The van der Waals surface area contributed by atoms with Crippen molar-refractivity contribution in [3.05, 3.63) is 11.7 Å². The Hall–Kier alpha value is -0.590. The van der Waals surface area contributed by atoms with Gasteiger partial charge in [0, 0.05) is 6.54 Å². The maximum atomic E-state index is 5.69. The van der Waals surface area contributed by atoms with Gasteiger partial charge in [-0.15, -0.1) is 0 Å². The van der Waals surface area contributed by atoms with E-state index in [1.165, 1.54) is 0 Å². The van der Waals surface area contributed by atoms with E-state index in [-0.39, 0.29) is 12.2 Å². The first kappa shape index (κ1) is 11.9. The average molecular weight is 243 g/mol. The van der Waals surface area contributed by atoms with Crippen molar-refractivity contribution in [2.24, 2.45) is 5.73 Å². The lowest BCUT2D eigenvalue weighted by molar-refractivity contribution is 0.0307. The van der Waals surface area contributed by atoms with Crippen LogP contribution >= 0.6 is 11.8 Å². The Kier molecular flexibility index (Phi) is 4.20. The van der Waals surface area contributed by atoms with Crippen molar-refractivity contribution in [2.45, 2.75) is 37.7 Å². The number of rotatable bonds is 5. The summed E-state index contributed by atoms with van der Waals surface area (Å²) in [6.07, 6.45) is 1.99. The molecule has 2 unspecified atom stereocenters. The van der Waals surface area contributed by atoms with Gasteiger partial charge in [0.15, 0.2) is 5.82 Å². The summed E-state index contributed by atoms with van der Waals surface area (Å²) < 4.78 is 10.9. The van der Waals surface area contributed by atoms with Crippen LogP contribution in [0.2, 0.25) is 0 Å². The Bertz CT molecular complexity index is 332. The summed E-state index contributed by atoms with van der Waals surface area (Å²) in [5.41, 5.74) is 5.55.